The molecule has 0 rings (SSSR count). The molecule has 5 nitrogen and oxygen atoms in total. The zero-order chi connectivity index (χ0) is 15.5. The van der Waals surface area contributed by atoms with Crippen molar-refractivity contribution in [2.24, 2.45) is 5.92 Å². The van der Waals surface area contributed by atoms with Crippen molar-refractivity contribution in [3.8, 4) is 0 Å². The third-order valence-corrected chi connectivity index (χ3v) is 3.12. The zero-order valence-corrected chi connectivity index (χ0v) is 12.7. The van der Waals surface area contributed by atoms with E-state index in [0.717, 1.165) is 19.4 Å². The van der Waals surface area contributed by atoms with Gasteiger partial charge in [-0.3, -0.25) is 9.69 Å². The fraction of sp³-hybridized carbons (Fsp3) is 0.800. The Morgan fingerprint density at radius 1 is 1.20 bits per heavy atom. The van der Waals surface area contributed by atoms with Gasteiger partial charge in [-0.2, -0.15) is 0 Å². The first-order valence-electron chi connectivity index (χ1n) is 7.29. The second kappa shape index (κ2) is 10.8. The molecule has 0 aliphatic carbocycles. The molecule has 0 fully saturated rings. The smallest absolute Gasteiger partial charge is 0.306 e. The third kappa shape index (κ3) is 9.95. The van der Waals surface area contributed by atoms with Crippen molar-refractivity contribution < 1.29 is 20.1 Å². The van der Waals surface area contributed by atoms with Crippen LogP contribution in [0.3, 0.4) is 0 Å². The number of aliphatic carboxylic acids is 1. The van der Waals surface area contributed by atoms with Crippen LogP contribution in [0, 0.1) is 5.92 Å². The number of rotatable bonds is 12. The molecule has 118 valence electrons. The van der Waals surface area contributed by atoms with E-state index in [2.05, 4.69) is 6.58 Å². The first kappa shape index (κ1) is 19.1. The van der Waals surface area contributed by atoms with Crippen LogP contribution in [0.15, 0.2) is 12.7 Å². The molecule has 1 unspecified atom stereocenters. The van der Waals surface area contributed by atoms with Gasteiger partial charge in [-0.05, 0) is 39.7 Å². The number of aliphatic hydroxyl groups is 2. The number of carboxylic acid groups (broad SMARTS) is 1. The molecule has 3 N–H and O–H groups in total. The summed E-state index contributed by atoms with van der Waals surface area (Å²) in [4.78, 5) is 13.0. The fourth-order valence-corrected chi connectivity index (χ4v) is 2.27. The molecular weight excluding hydrogens is 258 g/mol. The molecule has 5 heteroatoms. The van der Waals surface area contributed by atoms with Gasteiger partial charge in [-0.1, -0.05) is 12.5 Å². The van der Waals surface area contributed by atoms with E-state index in [1.54, 1.807) is 19.9 Å². The number of aliphatic hydroxyl groups excluding tert-OH is 2. The standard InChI is InChI=1S/C15H29NO4/c1-4-7-14(15(19)20)8-5-6-9-16(10-12(2)17)11-13(3)18/h4,12-14,17-18H,1,5-11H2,2-3H3,(H,19,20)/t12-,13-,14?/m1/s1. The average molecular weight is 287 g/mol. The number of hydrogen-bond donors (Lipinski definition) is 3. The lowest BCUT2D eigenvalue weighted by Crippen LogP contribution is -2.37. The maximum Gasteiger partial charge on any atom is 0.306 e. The summed E-state index contributed by atoms with van der Waals surface area (Å²) in [6.07, 6.45) is 3.61. The van der Waals surface area contributed by atoms with Gasteiger partial charge in [0.25, 0.3) is 0 Å². The molecule has 0 aliphatic heterocycles. The summed E-state index contributed by atoms with van der Waals surface area (Å²) in [6.45, 7) is 8.84. The fourth-order valence-electron chi connectivity index (χ4n) is 2.27. The predicted molar refractivity (Wildman–Crippen MR) is 79.6 cm³/mol. The summed E-state index contributed by atoms with van der Waals surface area (Å²) in [5, 5.41) is 27.8. The minimum absolute atomic E-state index is 0.352. The van der Waals surface area contributed by atoms with Crippen molar-refractivity contribution >= 4 is 5.97 Å². The largest absolute Gasteiger partial charge is 0.481 e. The van der Waals surface area contributed by atoms with Crippen molar-refractivity contribution in [2.75, 3.05) is 19.6 Å². The maximum atomic E-state index is 11.0. The number of unbranched alkanes of at least 4 members (excludes halogenated alkanes) is 1. The molecule has 0 radical (unpaired) electrons. The average Bonchev–Trinajstić information content (AvgIpc) is 2.31. The molecule has 0 aromatic carbocycles. The van der Waals surface area contributed by atoms with Gasteiger partial charge in [0.15, 0.2) is 0 Å². The molecule has 0 heterocycles. The Morgan fingerprint density at radius 3 is 2.15 bits per heavy atom. The van der Waals surface area contributed by atoms with Gasteiger partial charge in [-0.25, -0.2) is 0 Å². The Kier molecular flexibility index (Phi) is 10.3. The Balaban J connectivity index is 4.02. The van der Waals surface area contributed by atoms with E-state index < -0.39 is 18.2 Å². The molecule has 0 aliphatic rings. The molecule has 0 spiro atoms. The van der Waals surface area contributed by atoms with Crippen molar-refractivity contribution in [3.05, 3.63) is 12.7 Å². The van der Waals surface area contributed by atoms with Crippen LogP contribution in [0.2, 0.25) is 0 Å². The van der Waals surface area contributed by atoms with E-state index in [-0.39, 0.29) is 5.92 Å². The summed E-state index contributed by atoms with van der Waals surface area (Å²) < 4.78 is 0. The predicted octanol–water partition coefficient (Wildman–Crippen LogP) is 1.50. The lowest BCUT2D eigenvalue weighted by molar-refractivity contribution is -0.141. The first-order valence-corrected chi connectivity index (χ1v) is 7.29. The van der Waals surface area contributed by atoms with Crippen LogP contribution in [-0.2, 0) is 4.79 Å². The number of carbonyl (C=O) groups is 1. The minimum atomic E-state index is -0.769. The molecule has 0 saturated carbocycles. The molecule has 0 amide bonds. The van der Waals surface area contributed by atoms with Crippen LogP contribution in [0.25, 0.3) is 0 Å². The summed E-state index contributed by atoms with van der Waals surface area (Å²) in [6, 6.07) is 0. The van der Waals surface area contributed by atoms with Gasteiger partial charge < -0.3 is 15.3 Å². The van der Waals surface area contributed by atoms with Gasteiger partial charge in [0.05, 0.1) is 18.1 Å². The number of nitrogens with zero attached hydrogens (tertiary/aromatic N) is 1. The SMILES string of the molecule is C=CCC(CCCCN(C[C@@H](C)O)C[C@@H](C)O)C(=O)O. The Morgan fingerprint density at radius 2 is 1.75 bits per heavy atom. The van der Waals surface area contributed by atoms with Crippen LogP contribution in [0.5, 0.6) is 0 Å². The van der Waals surface area contributed by atoms with Crippen molar-refractivity contribution in [3.63, 3.8) is 0 Å². The second-order valence-corrected chi connectivity index (χ2v) is 5.51. The van der Waals surface area contributed by atoms with E-state index in [1.807, 2.05) is 4.90 Å². The van der Waals surface area contributed by atoms with Gasteiger partial charge >= 0.3 is 5.97 Å². The summed E-state index contributed by atoms with van der Waals surface area (Å²) >= 11 is 0. The Hall–Kier alpha value is -0.910. The minimum Gasteiger partial charge on any atom is -0.481 e. The maximum absolute atomic E-state index is 11.0. The van der Waals surface area contributed by atoms with E-state index >= 15 is 0 Å². The Bertz CT molecular complexity index is 269. The summed E-state index contributed by atoms with van der Waals surface area (Å²) in [5.41, 5.74) is 0. The molecule has 3 atom stereocenters. The normalized spacial score (nSPS) is 15.8. The van der Waals surface area contributed by atoms with E-state index in [1.165, 1.54) is 0 Å². The highest BCUT2D eigenvalue weighted by atomic mass is 16.4. The van der Waals surface area contributed by atoms with Crippen LogP contribution in [0.4, 0.5) is 0 Å². The highest BCUT2D eigenvalue weighted by Crippen LogP contribution is 2.14. The quantitative estimate of drug-likeness (QED) is 0.374. The lowest BCUT2D eigenvalue weighted by atomic mass is 9.98. The number of carboxylic acids is 1. The van der Waals surface area contributed by atoms with Crippen LogP contribution < -0.4 is 0 Å². The van der Waals surface area contributed by atoms with Crippen LogP contribution in [-0.4, -0.2) is 58.0 Å². The first-order chi connectivity index (χ1) is 9.36. The highest BCUT2D eigenvalue weighted by Gasteiger charge is 2.16. The zero-order valence-electron chi connectivity index (χ0n) is 12.7. The topological polar surface area (TPSA) is 81.0 Å². The molecule has 0 bridgehead atoms. The second-order valence-electron chi connectivity index (χ2n) is 5.51. The Labute approximate surface area is 121 Å². The van der Waals surface area contributed by atoms with Crippen molar-refractivity contribution in [1.82, 2.24) is 4.90 Å². The van der Waals surface area contributed by atoms with E-state index in [4.69, 9.17) is 5.11 Å². The highest BCUT2D eigenvalue weighted by molar-refractivity contribution is 5.70. The van der Waals surface area contributed by atoms with Crippen LogP contribution in [0.1, 0.15) is 39.5 Å². The van der Waals surface area contributed by atoms with Gasteiger partial charge in [-0.15, -0.1) is 6.58 Å². The van der Waals surface area contributed by atoms with E-state index in [0.29, 0.717) is 25.9 Å². The van der Waals surface area contributed by atoms with Crippen LogP contribution >= 0.6 is 0 Å². The molecule has 0 saturated heterocycles. The number of allylic oxidation sites excluding steroid dienone is 1. The molecule has 0 aromatic rings. The van der Waals surface area contributed by atoms with Gasteiger partial charge in [0.2, 0.25) is 0 Å². The number of hydrogen-bond acceptors (Lipinski definition) is 4. The molecule has 0 aromatic heterocycles. The van der Waals surface area contributed by atoms with E-state index in [9.17, 15) is 15.0 Å². The molecule has 20 heavy (non-hydrogen) atoms. The van der Waals surface area contributed by atoms with Gasteiger partial charge in [0.1, 0.15) is 0 Å². The molecular formula is C15H29NO4. The summed E-state index contributed by atoms with van der Waals surface area (Å²) in [7, 11) is 0. The lowest BCUT2D eigenvalue weighted by Gasteiger charge is -2.25. The van der Waals surface area contributed by atoms with Gasteiger partial charge in [0, 0.05) is 13.1 Å². The summed E-state index contributed by atoms with van der Waals surface area (Å²) in [5.74, 6) is -1.12. The van der Waals surface area contributed by atoms with Crippen molar-refractivity contribution in [2.45, 2.75) is 51.7 Å². The van der Waals surface area contributed by atoms with Crippen molar-refractivity contribution in [1.29, 1.82) is 0 Å². The monoisotopic (exact) mass is 287 g/mol. The third-order valence-electron chi connectivity index (χ3n) is 3.12.